The molecule has 28 heavy (non-hydrogen) atoms. The lowest BCUT2D eigenvalue weighted by atomic mass is 9.85. The molecule has 1 amide bonds. The summed E-state index contributed by atoms with van der Waals surface area (Å²) in [7, 11) is 0. The quantitative estimate of drug-likeness (QED) is 0.648. The molecule has 0 spiro atoms. The molecule has 1 aromatic heterocycles. The molecule has 8 heteroatoms. The average Bonchev–Trinajstić information content (AvgIpc) is 3.21. The van der Waals surface area contributed by atoms with E-state index in [9.17, 15) is 9.59 Å². The van der Waals surface area contributed by atoms with Crippen molar-refractivity contribution in [2.45, 2.75) is 33.6 Å². The number of carbonyl (C=O) groups is 2. The Morgan fingerprint density at radius 3 is 2.57 bits per heavy atom. The maximum atomic E-state index is 13.4. The monoisotopic (exact) mass is 419 g/mol. The molecular formula is C20H25N3O3S2. The molecule has 1 N–H and O–H groups in total. The molecule has 1 aliphatic rings. The summed E-state index contributed by atoms with van der Waals surface area (Å²) in [4.78, 5) is 28.9. The molecule has 1 atom stereocenters. The Hall–Kier alpha value is -2.24. The van der Waals surface area contributed by atoms with E-state index in [1.165, 1.54) is 23.1 Å². The largest absolute Gasteiger partial charge is 0.463 e. The third kappa shape index (κ3) is 4.59. The van der Waals surface area contributed by atoms with Crippen molar-refractivity contribution in [3.63, 3.8) is 0 Å². The Morgan fingerprint density at radius 2 is 2.04 bits per heavy atom. The molecule has 0 saturated heterocycles. The fraction of sp³-hybridized carbons (Fsp3) is 0.450. The maximum Gasteiger partial charge on any atom is 0.336 e. The number of hydrogen-bond donors (Lipinski definition) is 1. The summed E-state index contributed by atoms with van der Waals surface area (Å²) in [5.74, 6) is -0.878. The molecule has 0 aliphatic carbocycles. The first kappa shape index (κ1) is 22.1. The van der Waals surface area contributed by atoms with Gasteiger partial charge < -0.3 is 15.0 Å². The number of carbonyl (C=O) groups excluding carboxylic acids is 2. The second kappa shape index (κ2) is 10.3. The number of thioether (sulfide) groups is 1. The number of nitriles is 1. The summed E-state index contributed by atoms with van der Waals surface area (Å²) in [5.41, 5.74) is 1.59. The zero-order chi connectivity index (χ0) is 20.7. The van der Waals surface area contributed by atoms with Gasteiger partial charge in [-0.3, -0.25) is 4.79 Å². The van der Waals surface area contributed by atoms with Crippen molar-refractivity contribution in [3.05, 3.63) is 44.3 Å². The van der Waals surface area contributed by atoms with Gasteiger partial charge in [0.05, 0.1) is 40.5 Å². The highest BCUT2D eigenvalue weighted by molar-refractivity contribution is 8.03. The first-order chi connectivity index (χ1) is 13.5. The van der Waals surface area contributed by atoms with Gasteiger partial charge >= 0.3 is 5.97 Å². The molecular weight excluding hydrogens is 394 g/mol. The number of dihydropyridines is 1. The summed E-state index contributed by atoms with van der Waals surface area (Å²) in [5, 5.41) is 14.8. The number of nitrogens with one attached hydrogen (secondary N) is 1. The molecule has 150 valence electrons. The molecule has 1 unspecified atom stereocenters. The van der Waals surface area contributed by atoms with E-state index in [0.29, 0.717) is 35.0 Å². The van der Waals surface area contributed by atoms with E-state index in [1.54, 1.807) is 18.7 Å². The number of amides is 1. The third-order valence-electron chi connectivity index (χ3n) is 4.41. The van der Waals surface area contributed by atoms with Gasteiger partial charge in [-0.2, -0.15) is 5.26 Å². The Balaban J connectivity index is 2.67. The van der Waals surface area contributed by atoms with E-state index in [4.69, 9.17) is 10.00 Å². The lowest BCUT2D eigenvalue weighted by molar-refractivity contribution is -0.138. The van der Waals surface area contributed by atoms with Gasteiger partial charge in [-0.1, -0.05) is 17.8 Å². The Bertz CT molecular complexity index is 818. The molecule has 0 aromatic carbocycles. The number of rotatable bonds is 8. The van der Waals surface area contributed by atoms with Gasteiger partial charge in [0.25, 0.3) is 5.91 Å². The number of nitrogens with zero attached hydrogens (tertiary/aromatic N) is 2. The minimum Gasteiger partial charge on any atom is -0.463 e. The van der Waals surface area contributed by atoms with Crippen molar-refractivity contribution in [1.29, 1.82) is 5.26 Å². The minimum absolute atomic E-state index is 0.134. The van der Waals surface area contributed by atoms with Crippen molar-refractivity contribution < 1.29 is 14.3 Å². The van der Waals surface area contributed by atoms with Gasteiger partial charge in [0, 0.05) is 23.7 Å². The van der Waals surface area contributed by atoms with Gasteiger partial charge in [-0.15, -0.1) is 11.3 Å². The molecule has 0 fully saturated rings. The number of thiophene rings is 1. The standard InChI is InChI=1S/C20H25N3O3S2/c1-5-23(6-2)19(24)17-16(14-9-8-11-27-14)15(20(25)26-7-3)13(4)22-18(17)28-12-10-21/h8-9,11,16,22H,5-7,12H2,1-4H3. The fourth-order valence-corrected chi connectivity index (χ4v) is 4.77. The van der Waals surface area contributed by atoms with E-state index in [0.717, 1.165) is 4.88 Å². The van der Waals surface area contributed by atoms with Crippen molar-refractivity contribution in [1.82, 2.24) is 10.2 Å². The molecule has 6 nitrogen and oxygen atoms in total. The lowest BCUT2D eigenvalue weighted by Crippen LogP contribution is -2.39. The van der Waals surface area contributed by atoms with Gasteiger partial charge in [-0.05, 0) is 39.1 Å². The van der Waals surface area contributed by atoms with Crippen LogP contribution in [-0.4, -0.2) is 42.2 Å². The SMILES string of the molecule is CCOC(=O)C1=C(C)NC(SCC#N)=C(C(=O)N(CC)CC)C1c1cccs1. The second-order valence-electron chi connectivity index (χ2n) is 6.00. The zero-order valence-electron chi connectivity index (χ0n) is 16.6. The molecule has 0 radical (unpaired) electrons. The summed E-state index contributed by atoms with van der Waals surface area (Å²) < 4.78 is 5.30. The molecule has 1 aromatic rings. The number of allylic oxidation sites excluding steroid dienone is 1. The highest BCUT2D eigenvalue weighted by Crippen LogP contribution is 2.43. The number of ether oxygens (including phenoxy) is 1. The van der Waals surface area contributed by atoms with Crippen LogP contribution >= 0.6 is 23.1 Å². The van der Waals surface area contributed by atoms with Crippen LogP contribution in [0.4, 0.5) is 0 Å². The molecule has 0 saturated carbocycles. The highest BCUT2D eigenvalue weighted by atomic mass is 32.2. The molecule has 0 bridgehead atoms. The van der Waals surface area contributed by atoms with Crippen molar-refractivity contribution >= 4 is 35.0 Å². The summed E-state index contributed by atoms with van der Waals surface area (Å²) in [6.45, 7) is 8.79. The van der Waals surface area contributed by atoms with Crippen LogP contribution in [0.5, 0.6) is 0 Å². The van der Waals surface area contributed by atoms with Gasteiger partial charge in [0.15, 0.2) is 0 Å². The number of esters is 1. The highest BCUT2D eigenvalue weighted by Gasteiger charge is 2.40. The first-order valence-electron chi connectivity index (χ1n) is 9.21. The van der Waals surface area contributed by atoms with E-state index in [2.05, 4.69) is 11.4 Å². The predicted molar refractivity (Wildman–Crippen MR) is 113 cm³/mol. The third-order valence-corrected chi connectivity index (χ3v) is 6.23. The number of likely N-dealkylation sites (N-methyl/N-ethyl adjacent to an activating group) is 1. The Labute approximate surface area is 174 Å². The summed E-state index contributed by atoms with van der Waals surface area (Å²) >= 11 is 2.78. The van der Waals surface area contributed by atoms with Crippen LogP contribution in [0.2, 0.25) is 0 Å². The van der Waals surface area contributed by atoms with Gasteiger partial charge in [0.2, 0.25) is 0 Å². The van der Waals surface area contributed by atoms with E-state index in [-0.39, 0.29) is 18.3 Å². The van der Waals surface area contributed by atoms with E-state index in [1.807, 2.05) is 31.4 Å². The topological polar surface area (TPSA) is 82.4 Å². The van der Waals surface area contributed by atoms with Crippen LogP contribution in [0.3, 0.4) is 0 Å². The van der Waals surface area contributed by atoms with E-state index >= 15 is 0 Å². The Kier molecular flexibility index (Phi) is 8.15. The molecule has 2 heterocycles. The lowest BCUT2D eigenvalue weighted by Gasteiger charge is -2.33. The van der Waals surface area contributed by atoms with Gasteiger partial charge in [0.1, 0.15) is 0 Å². The summed E-state index contributed by atoms with van der Waals surface area (Å²) in [6.07, 6.45) is 0. The normalized spacial score (nSPS) is 16.5. The first-order valence-corrected chi connectivity index (χ1v) is 11.1. The zero-order valence-corrected chi connectivity index (χ0v) is 18.2. The van der Waals surface area contributed by atoms with Gasteiger partial charge in [-0.25, -0.2) is 4.79 Å². The molecule has 2 rings (SSSR count). The average molecular weight is 420 g/mol. The van der Waals surface area contributed by atoms with Crippen LogP contribution in [0.15, 0.2) is 39.4 Å². The van der Waals surface area contributed by atoms with Crippen LogP contribution in [-0.2, 0) is 14.3 Å². The maximum absolute atomic E-state index is 13.4. The van der Waals surface area contributed by atoms with Crippen LogP contribution < -0.4 is 5.32 Å². The van der Waals surface area contributed by atoms with Crippen molar-refractivity contribution in [2.75, 3.05) is 25.4 Å². The van der Waals surface area contributed by atoms with Crippen LogP contribution in [0.1, 0.15) is 38.5 Å². The smallest absolute Gasteiger partial charge is 0.336 e. The minimum atomic E-state index is -0.519. The van der Waals surface area contributed by atoms with Crippen molar-refractivity contribution in [3.8, 4) is 6.07 Å². The van der Waals surface area contributed by atoms with E-state index < -0.39 is 11.9 Å². The predicted octanol–water partition coefficient (Wildman–Crippen LogP) is 3.61. The number of hydrogen-bond acceptors (Lipinski definition) is 7. The Morgan fingerprint density at radius 1 is 1.32 bits per heavy atom. The second-order valence-corrected chi connectivity index (χ2v) is 7.96. The fourth-order valence-electron chi connectivity index (χ4n) is 3.14. The summed E-state index contributed by atoms with van der Waals surface area (Å²) in [6, 6.07) is 5.94. The molecule has 1 aliphatic heterocycles. The van der Waals surface area contributed by atoms with Crippen LogP contribution in [0.25, 0.3) is 0 Å². The van der Waals surface area contributed by atoms with Crippen LogP contribution in [0, 0.1) is 11.3 Å². The van der Waals surface area contributed by atoms with Crippen molar-refractivity contribution in [2.24, 2.45) is 0 Å².